The van der Waals surface area contributed by atoms with Crippen LogP contribution in [0.1, 0.15) is 38.3 Å². The van der Waals surface area contributed by atoms with E-state index in [-0.39, 0.29) is 12.0 Å². The average molecular weight is 340 g/mol. The molecule has 2 aromatic carbocycles. The summed E-state index contributed by atoms with van der Waals surface area (Å²) in [6, 6.07) is 17.8. The molecular weight excluding hydrogens is 316 g/mol. The predicted octanol–water partition coefficient (Wildman–Crippen LogP) is 4.74. The van der Waals surface area contributed by atoms with Crippen molar-refractivity contribution in [1.82, 2.24) is 0 Å². The number of rotatable bonds is 7. The number of hydrogen-bond acceptors (Lipinski definition) is 4. The molecular formula is C21H24O4. The fourth-order valence-corrected chi connectivity index (χ4v) is 2.41. The molecule has 0 spiro atoms. The Morgan fingerprint density at radius 1 is 1.04 bits per heavy atom. The van der Waals surface area contributed by atoms with Crippen LogP contribution in [-0.2, 0) is 14.9 Å². The number of carbonyl (C=O) groups is 1. The topological polar surface area (TPSA) is 55.8 Å². The van der Waals surface area contributed by atoms with Crippen molar-refractivity contribution in [2.24, 2.45) is 0 Å². The van der Waals surface area contributed by atoms with Gasteiger partial charge in [0, 0.05) is 5.41 Å². The predicted molar refractivity (Wildman–Crippen MR) is 97.6 cm³/mol. The monoisotopic (exact) mass is 340 g/mol. The van der Waals surface area contributed by atoms with Crippen molar-refractivity contribution >= 4 is 5.97 Å². The summed E-state index contributed by atoms with van der Waals surface area (Å²) in [5.41, 5.74) is 2.23. The van der Waals surface area contributed by atoms with Crippen LogP contribution in [0.25, 0.3) is 0 Å². The van der Waals surface area contributed by atoms with Crippen molar-refractivity contribution in [2.75, 3.05) is 6.61 Å². The highest BCUT2D eigenvalue weighted by Crippen LogP contribution is 2.32. The van der Waals surface area contributed by atoms with Gasteiger partial charge in [-0.3, -0.25) is 0 Å². The van der Waals surface area contributed by atoms with Gasteiger partial charge in [0.1, 0.15) is 12.0 Å². The third kappa shape index (κ3) is 4.86. The molecule has 0 atom stereocenters. The van der Waals surface area contributed by atoms with Crippen LogP contribution >= 0.6 is 0 Å². The second kappa shape index (κ2) is 8.38. The average Bonchev–Trinajstić information content (AvgIpc) is 2.65. The first kappa shape index (κ1) is 18.6. The fourth-order valence-electron chi connectivity index (χ4n) is 2.41. The van der Waals surface area contributed by atoms with Crippen molar-refractivity contribution < 1.29 is 19.4 Å². The normalized spacial score (nSPS) is 11.9. The van der Waals surface area contributed by atoms with Gasteiger partial charge in [0.25, 0.3) is 0 Å². The van der Waals surface area contributed by atoms with Gasteiger partial charge < -0.3 is 14.6 Å². The number of hydrogen-bond donors (Lipinski definition) is 1. The van der Waals surface area contributed by atoms with Gasteiger partial charge in [0.2, 0.25) is 5.76 Å². The van der Waals surface area contributed by atoms with Crippen LogP contribution in [0.4, 0.5) is 0 Å². The minimum Gasteiger partial charge on any atom is -0.500 e. The number of aliphatic hydroxyl groups is 1. The quantitative estimate of drug-likeness (QED) is 0.449. The lowest BCUT2D eigenvalue weighted by atomic mass is 9.78. The Bertz CT molecular complexity index is 715. The summed E-state index contributed by atoms with van der Waals surface area (Å²) in [7, 11) is 0. The maximum absolute atomic E-state index is 11.4. The summed E-state index contributed by atoms with van der Waals surface area (Å²) in [6.07, 6.45) is 1.69. The zero-order valence-corrected chi connectivity index (χ0v) is 14.9. The van der Waals surface area contributed by atoms with Gasteiger partial charge in [-0.15, -0.1) is 0 Å². The first-order valence-electron chi connectivity index (χ1n) is 8.34. The molecule has 2 rings (SSSR count). The molecule has 0 amide bonds. The first-order chi connectivity index (χ1) is 11.9. The van der Waals surface area contributed by atoms with E-state index in [1.54, 1.807) is 12.1 Å². The standard InChI is InChI=1S/C21H24O4/c1-4-14-24-20(23)19(22)15-25-18-12-10-17(11-13-18)21(2,3)16-8-6-5-7-9-16/h5-13,15,22H,4,14H2,1-3H3. The van der Waals surface area contributed by atoms with Crippen LogP contribution < -0.4 is 4.74 Å². The van der Waals surface area contributed by atoms with Gasteiger partial charge in [-0.25, -0.2) is 4.79 Å². The second-order valence-electron chi connectivity index (χ2n) is 6.27. The lowest BCUT2D eigenvalue weighted by Gasteiger charge is -2.26. The van der Waals surface area contributed by atoms with E-state index in [2.05, 4.69) is 26.0 Å². The Morgan fingerprint density at radius 2 is 1.64 bits per heavy atom. The van der Waals surface area contributed by atoms with Crippen molar-refractivity contribution in [3.05, 3.63) is 77.7 Å². The molecule has 0 radical (unpaired) electrons. The van der Waals surface area contributed by atoms with Crippen molar-refractivity contribution in [3.8, 4) is 5.75 Å². The summed E-state index contributed by atoms with van der Waals surface area (Å²) < 4.78 is 10.1. The molecule has 0 unspecified atom stereocenters. The van der Waals surface area contributed by atoms with Crippen molar-refractivity contribution in [3.63, 3.8) is 0 Å². The Hall–Kier alpha value is -2.75. The lowest BCUT2D eigenvalue weighted by Crippen LogP contribution is -2.18. The summed E-state index contributed by atoms with van der Waals surface area (Å²) in [6.45, 7) is 6.46. The van der Waals surface area contributed by atoms with Gasteiger partial charge in [-0.05, 0) is 29.7 Å². The maximum atomic E-state index is 11.4. The molecule has 1 N–H and O–H groups in total. The SMILES string of the molecule is CCCOC(=O)C(O)=COc1ccc(C(C)(C)c2ccccc2)cc1. The summed E-state index contributed by atoms with van der Waals surface area (Å²) >= 11 is 0. The third-order valence-electron chi connectivity index (χ3n) is 4.02. The molecule has 0 saturated heterocycles. The highest BCUT2D eigenvalue weighted by Gasteiger charge is 2.22. The number of aliphatic hydroxyl groups excluding tert-OH is 1. The summed E-state index contributed by atoms with van der Waals surface area (Å²) in [5.74, 6) is -0.812. The van der Waals surface area contributed by atoms with Crippen LogP contribution in [0.2, 0.25) is 0 Å². The van der Waals surface area contributed by atoms with Crippen LogP contribution in [0.15, 0.2) is 66.6 Å². The molecule has 0 aliphatic carbocycles. The molecule has 4 heteroatoms. The number of ether oxygens (including phenoxy) is 2. The molecule has 0 aliphatic heterocycles. The van der Waals surface area contributed by atoms with Crippen molar-refractivity contribution in [2.45, 2.75) is 32.6 Å². The van der Waals surface area contributed by atoms with E-state index in [0.29, 0.717) is 12.2 Å². The van der Waals surface area contributed by atoms with Gasteiger partial charge in [0.05, 0.1) is 6.61 Å². The molecule has 0 bridgehead atoms. The van der Waals surface area contributed by atoms with Gasteiger partial charge in [-0.2, -0.15) is 0 Å². The van der Waals surface area contributed by atoms with E-state index in [9.17, 15) is 9.90 Å². The van der Waals surface area contributed by atoms with Gasteiger partial charge in [-0.1, -0.05) is 63.2 Å². The molecule has 25 heavy (non-hydrogen) atoms. The van der Waals surface area contributed by atoms with Gasteiger partial charge >= 0.3 is 5.97 Å². The zero-order chi connectivity index (χ0) is 18.3. The van der Waals surface area contributed by atoms with Crippen LogP contribution in [0, 0.1) is 0 Å². The van der Waals surface area contributed by atoms with E-state index in [1.807, 2.05) is 37.3 Å². The molecule has 0 aliphatic rings. The largest absolute Gasteiger partial charge is 0.500 e. The molecule has 0 saturated carbocycles. The summed E-state index contributed by atoms with van der Waals surface area (Å²) in [4.78, 5) is 11.4. The van der Waals surface area contributed by atoms with E-state index in [4.69, 9.17) is 9.47 Å². The molecule has 0 aromatic heterocycles. The zero-order valence-electron chi connectivity index (χ0n) is 14.9. The third-order valence-corrected chi connectivity index (χ3v) is 4.02. The van der Waals surface area contributed by atoms with Crippen molar-refractivity contribution in [1.29, 1.82) is 0 Å². The molecule has 2 aromatic rings. The minimum absolute atomic E-state index is 0.137. The van der Waals surface area contributed by atoms with E-state index in [1.165, 1.54) is 5.56 Å². The number of benzene rings is 2. The Kier molecular flexibility index (Phi) is 6.23. The Labute approximate surface area is 148 Å². The number of esters is 1. The number of carbonyl (C=O) groups excluding carboxylic acids is 1. The minimum atomic E-state index is -0.788. The van der Waals surface area contributed by atoms with E-state index >= 15 is 0 Å². The maximum Gasteiger partial charge on any atom is 0.376 e. The van der Waals surface area contributed by atoms with Gasteiger partial charge in [0.15, 0.2) is 0 Å². The van der Waals surface area contributed by atoms with Crippen LogP contribution in [-0.4, -0.2) is 17.7 Å². The Morgan fingerprint density at radius 3 is 2.24 bits per heavy atom. The van der Waals surface area contributed by atoms with E-state index < -0.39 is 11.7 Å². The molecule has 4 nitrogen and oxygen atoms in total. The fraction of sp³-hybridized carbons (Fsp3) is 0.286. The molecule has 0 fully saturated rings. The smallest absolute Gasteiger partial charge is 0.376 e. The second-order valence-corrected chi connectivity index (χ2v) is 6.27. The highest BCUT2D eigenvalue weighted by molar-refractivity contribution is 5.85. The lowest BCUT2D eigenvalue weighted by molar-refractivity contribution is -0.142. The first-order valence-corrected chi connectivity index (χ1v) is 8.34. The molecule has 132 valence electrons. The van der Waals surface area contributed by atoms with E-state index in [0.717, 1.165) is 11.8 Å². The Balaban J connectivity index is 2.06. The molecule has 0 heterocycles. The van der Waals surface area contributed by atoms with Crippen LogP contribution in [0.5, 0.6) is 5.75 Å². The van der Waals surface area contributed by atoms with Crippen LogP contribution in [0.3, 0.4) is 0 Å². The highest BCUT2D eigenvalue weighted by atomic mass is 16.5. The summed E-state index contributed by atoms with van der Waals surface area (Å²) in [5, 5.41) is 9.60.